The molecule has 0 bridgehead atoms. The quantitative estimate of drug-likeness (QED) is 0.655. The van der Waals surface area contributed by atoms with E-state index in [1.54, 1.807) is 0 Å². The molecule has 6 heteroatoms. The van der Waals surface area contributed by atoms with Gasteiger partial charge in [-0.05, 0) is 0 Å². The molecule has 64 valence electrons. The highest BCUT2D eigenvalue weighted by Gasteiger charge is 2.16. The zero-order chi connectivity index (χ0) is 9.30. The van der Waals surface area contributed by atoms with Crippen LogP contribution in [0.1, 0.15) is 10.5 Å². The molecule has 0 unspecified atom stereocenters. The largest absolute Gasteiger partial charge is 0.476 e. The van der Waals surface area contributed by atoms with Gasteiger partial charge >= 0.3 is 5.97 Å². The molecule has 0 saturated heterocycles. The number of nitrogens with zero attached hydrogens (tertiary/aromatic N) is 1. The zero-order valence-corrected chi connectivity index (χ0v) is 5.51. The average Bonchev–Trinajstić information content (AvgIpc) is 1.96. The molecule has 0 spiro atoms. The second kappa shape index (κ2) is 2.80. The number of aromatic nitrogens is 1. The third kappa shape index (κ3) is 1.36. The molecule has 0 fully saturated rings. The molecule has 0 aliphatic carbocycles. The molecule has 1 rings (SSSR count). The first kappa shape index (κ1) is 8.51. The van der Waals surface area contributed by atoms with E-state index in [1.165, 1.54) is 0 Å². The minimum atomic E-state index is -1.74. The van der Waals surface area contributed by atoms with E-state index >= 15 is 0 Å². The normalized spacial score (nSPS) is 9.92. The Bertz CT molecular complexity index is 340. The van der Waals surface area contributed by atoms with Crippen molar-refractivity contribution in [2.45, 2.75) is 0 Å². The average molecular weight is 177 g/mol. The topological polar surface area (TPSA) is 50.2 Å². The second-order valence-electron chi connectivity index (χ2n) is 1.90. The van der Waals surface area contributed by atoms with Crippen LogP contribution in [0.15, 0.2) is 6.07 Å². The van der Waals surface area contributed by atoms with E-state index in [2.05, 4.69) is 4.98 Å². The molecule has 0 aliphatic rings. The van der Waals surface area contributed by atoms with Crippen LogP contribution in [-0.2, 0) is 0 Å². The van der Waals surface area contributed by atoms with Crippen LogP contribution >= 0.6 is 0 Å². The molecule has 0 aromatic carbocycles. The Labute approximate surface area is 64.5 Å². The second-order valence-corrected chi connectivity index (χ2v) is 1.90. The van der Waals surface area contributed by atoms with Gasteiger partial charge in [-0.2, -0.15) is 4.39 Å². The van der Waals surface area contributed by atoms with Crippen molar-refractivity contribution < 1.29 is 23.1 Å². The first-order chi connectivity index (χ1) is 5.52. The lowest BCUT2D eigenvalue weighted by Gasteiger charge is -1.96. The first-order valence-electron chi connectivity index (χ1n) is 2.77. The van der Waals surface area contributed by atoms with Crippen molar-refractivity contribution in [2.24, 2.45) is 0 Å². The van der Waals surface area contributed by atoms with E-state index in [0.717, 1.165) is 0 Å². The number of rotatable bonds is 1. The Kier molecular flexibility index (Phi) is 1.99. The number of hydrogen-bond acceptors (Lipinski definition) is 2. The molecule has 0 amide bonds. The minimum absolute atomic E-state index is 0.131. The number of carbonyl (C=O) groups is 1. The van der Waals surface area contributed by atoms with Gasteiger partial charge in [0.15, 0.2) is 17.3 Å². The van der Waals surface area contributed by atoms with Crippen LogP contribution in [0.3, 0.4) is 0 Å². The highest BCUT2D eigenvalue weighted by atomic mass is 19.2. The smallest absolute Gasteiger partial charge is 0.357 e. The Balaban J connectivity index is 3.33. The van der Waals surface area contributed by atoms with Gasteiger partial charge in [0.05, 0.1) is 0 Å². The van der Waals surface area contributed by atoms with E-state index < -0.39 is 29.2 Å². The Morgan fingerprint density at radius 2 is 1.92 bits per heavy atom. The third-order valence-corrected chi connectivity index (χ3v) is 1.09. The first-order valence-corrected chi connectivity index (χ1v) is 2.77. The van der Waals surface area contributed by atoms with Crippen molar-refractivity contribution >= 4 is 5.97 Å². The Morgan fingerprint density at radius 3 is 2.42 bits per heavy atom. The lowest BCUT2D eigenvalue weighted by Crippen LogP contribution is -2.07. The Morgan fingerprint density at radius 1 is 1.33 bits per heavy atom. The van der Waals surface area contributed by atoms with Crippen LogP contribution in [0.5, 0.6) is 0 Å². The fourth-order valence-electron chi connectivity index (χ4n) is 0.594. The summed E-state index contributed by atoms with van der Waals surface area (Å²) < 4.78 is 36.8. The van der Waals surface area contributed by atoms with Crippen LogP contribution in [0.25, 0.3) is 0 Å². The molecule has 0 aliphatic heterocycles. The predicted octanol–water partition coefficient (Wildman–Crippen LogP) is 1.20. The van der Waals surface area contributed by atoms with Crippen molar-refractivity contribution in [2.75, 3.05) is 0 Å². The van der Waals surface area contributed by atoms with Crippen molar-refractivity contribution in [3.63, 3.8) is 0 Å². The van der Waals surface area contributed by atoms with Crippen molar-refractivity contribution in [1.29, 1.82) is 0 Å². The molecule has 1 aromatic rings. The molecule has 12 heavy (non-hydrogen) atoms. The van der Waals surface area contributed by atoms with Gasteiger partial charge in [0.1, 0.15) is 0 Å². The van der Waals surface area contributed by atoms with Gasteiger partial charge in [0.2, 0.25) is 5.95 Å². The molecule has 0 atom stereocenters. The zero-order valence-electron chi connectivity index (χ0n) is 5.51. The SMILES string of the molecule is O=C(O)c1nc(F)c(F)cc1F. The van der Waals surface area contributed by atoms with Gasteiger partial charge in [-0.1, -0.05) is 0 Å². The summed E-state index contributed by atoms with van der Waals surface area (Å²) in [6.07, 6.45) is 0. The van der Waals surface area contributed by atoms with Crippen LogP contribution in [0.2, 0.25) is 0 Å². The van der Waals surface area contributed by atoms with E-state index in [4.69, 9.17) is 5.11 Å². The van der Waals surface area contributed by atoms with Gasteiger partial charge in [0.25, 0.3) is 0 Å². The van der Waals surface area contributed by atoms with E-state index in [0.29, 0.717) is 0 Å². The lowest BCUT2D eigenvalue weighted by molar-refractivity contribution is 0.0683. The molecular formula is C6H2F3NO2. The minimum Gasteiger partial charge on any atom is -0.476 e. The fourth-order valence-corrected chi connectivity index (χ4v) is 0.594. The molecule has 0 radical (unpaired) electrons. The summed E-state index contributed by atoms with van der Waals surface area (Å²) in [4.78, 5) is 12.6. The van der Waals surface area contributed by atoms with Gasteiger partial charge in [-0.3, -0.25) is 0 Å². The molecule has 3 nitrogen and oxygen atoms in total. The van der Waals surface area contributed by atoms with Crippen molar-refractivity contribution in [3.8, 4) is 0 Å². The number of halogens is 3. The maximum Gasteiger partial charge on any atom is 0.357 e. The van der Waals surface area contributed by atoms with Gasteiger partial charge in [-0.15, -0.1) is 0 Å². The lowest BCUT2D eigenvalue weighted by atomic mass is 10.3. The van der Waals surface area contributed by atoms with Gasteiger partial charge in [0, 0.05) is 6.07 Å². The summed E-state index contributed by atoms with van der Waals surface area (Å²) >= 11 is 0. The third-order valence-electron chi connectivity index (χ3n) is 1.09. The summed E-state index contributed by atoms with van der Waals surface area (Å²) in [5, 5.41) is 8.19. The highest BCUT2D eigenvalue weighted by molar-refractivity contribution is 5.85. The van der Waals surface area contributed by atoms with Crippen LogP contribution in [-0.4, -0.2) is 16.1 Å². The van der Waals surface area contributed by atoms with E-state index in [1.807, 2.05) is 0 Å². The van der Waals surface area contributed by atoms with E-state index in [9.17, 15) is 18.0 Å². The van der Waals surface area contributed by atoms with Gasteiger partial charge < -0.3 is 5.11 Å². The van der Waals surface area contributed by atoms with Crippen molar-refractivity contribution in [1.82, 2.24) is 4.98 Å². The number of carboxylic acid groups (broad SMARTS) is 1. The molecule has 1 heterocycles. The van der Waals surface area contributed by atoms with Crippen LogP contribution in [0.4, 0.5) is 13.2 Å². The summed E-state index contributed by atoms with van der Waals surface area (Å²) in [5.74, 6) is -6.29. The summed E-state index contributed by atoms with van der Waals surface area (Å²) in [5.41, 5.74) is -1.13. The number of pyridine rings is 1. The monoisotopic (exact) mass is 177 g/mol. The maximum atomic E-state index is 12.4. The molecule has 1 N–H and O–H groups in total. The van der Waals surface area contributed by atoms with Crippen LogP contribution < -0.4 is 0 Å². The van der Waals surface area contributed by atoms with Crippen LogP contribution in [0, 0.1) is 17.6 Å². The summed E-state index contributed by atoms with van der Waals surface area (Å²) in [6, 6.07) is 0.131. The predicted molar refractivity (Wildman–Crippen MR) is 31.1 cm³/mol. The summed E-state index contributed by atoms with van der Waals surface area (Å²) in [7, 11) is 0. The highest BCUT2D eigenvalue weighted by Crippen LogP contribution is 2.09. The molecule has 1 aromatic heterocycles. The number of hydrogen-bond donors (Lipinski definition) is 1. The van der Waals surface area contributed by atoms with E-state index in [-0.39, 0.29) is 6.07 Å². The van der Waals surface area contributed by atoms with Gasteiger partial charge in [-0.25, -0.2) is 18.6 Å². The standard InChI is InChI=1S/C6H2F3NO2/c7-2-1-3(8)5(9)10-4(2)6(11)12/h1H,(H,11,12). The fraction of sp³-hybridized carbons (Fsp3) is 0. The number of aromatic carboxylic acids is 1. The maximum absolute atomic E-state index is 12.4. The molecule has 0 saturated carbocycles. The summed E-state index contributed by atoms with van der Waals surface area (Å²) in [6.45, 7) is 0. The molecular weight excluding hydrogens is 175 g/mol. The Hall–Kier alpha value is -1.59. The number of carboxylic acids is 1. The van der Waals surface area contributed by atoms with Crippen molar-refractivity contribution in [3.05, 3.63) is 29.3 Å².